The minimum Gasteiger partial charge on any atom is -0.488 e. The summed E-state index contributed by atoms with van der Waals surface area (Å²) in [4.78, 5) is 28.3. The van der Waals surface area contributed by atoms with Gasteiger partial charge >= 0.3 is 0 Å². The first-order valence-corrected chi connectivity index (χ1v) is 9.46. The van der Waals surface area contributed by atoms with Gasteiger partial charge in [-0.3, -0.25) is 9.59 Å². The van der Waals surface area contributed by atoms with Crippen molar-refractivity contribution in [3.63, 3.8) is 0 Å². The van der Waals surface area contributed by atoms with E-state index in [1.807, 2.05) is 26.8 Å². The normalized spacial score (nSPS) is 11.2. The fourth-order valence-electron chi connectivity index (χ4n) is 2.65. The van der Waals surface area contributed by atoms with Crippen molar-refractivity contribution in [3.8, 4) is 5.75 Å². The number of carbonyl (C=O) groups excluding carboxylic acids is 2. The van der Waals surface area contributed by atoms with Crippen LogP contribution in [0.4, 0.5) is 0 Å². The summed E-state index contributed by atoms with van der Waals surface area (Å²) < 4.78 is 10.9. The molecule has 0 unspecified atom stereocenters. The maximum atomic E-state index is 12.5. The van der Waals surface area contributed by atoms with Crippen molar-refractivity contribution in [2.45, 2.75) is 39.3 Å². The van der Waals surface area contributed by atoms with E-state index in [1.54, 1.807) is 42.5 Å². The van der Waals surface area contributed by atoms with Crippen molar-refractivity contribution in [1.82, 2.24) is 15.5 Å². The summed E-state index contributed by atoms with van der Waals surface area (Å²) in [7, 11) is 0. The fraction of sp³-hybridized carbons (Fsp3) is 0.273. The van der Waals surface area contributed by atoms with E-state index in [1.165, 1.54) is 0 Å². The predicted molar refractivity (Wildman–Crippen MR) is 110 cm³/mol. The van der Waals surface area contributed by atoms with Gasteiger partial charge < -0.3 is 20.3 Å². The number of nitrogens with one attached hydrogen (secondary N) is 1. The van der Waals surface area contributed by atoms with E-state index < -0.39 is 5.91 Å². The summed E-state index contributed by atoms with van der Waals surface area (Å²) in [5, 5.41) is 6.67. The van der Waals surface area contributed by atoms with Gasteiger partial charge in [0, 0.05) is 11.0 Å². The zero-order chi connectivity index (χ0) is 21.7. The predicted octanol–water partition coefficient (Wildman–Crippen LogP) is 2.98. The van der Waals surface area contributed by atoms with Crippen molar-refractivity contribution < 1.29 is 18.8 Å². The summed E-state index contributed by atoms with van der Waals surface area (Å²) in [6.45, 7) is 6.26. The van der Waals surface area contributed by atoms with Gasteiger partial charge in [-0.1, -0.05) is 50.2 Å². The number of para-hydroxylation sites is 1. The Morgan fingerprint density at radius 1 is 1.13 bits per heavy atom. The number of amides is 2. The van der Waals surface area contributed by atoms with Crippen molar-refractivity contribution >= 4 is 11.8 Å². The highest BCUT2D eigenvalue weighted by Gasteiger charge is 2.21. The van der Waals surface area contributed by atoms with E-state index >= 15 is 0 Å². The summed E-state index contributed by atoms with van der Waals surface area (Å²) in [5.41, 5.74) is 6.66. The molecule has 2 amide bonds. The zero-order valence-corrected chi connectivity index (χ0v) is 17.1. The highest BCUT2D eigenvalue weighted by molar-refractivity contribution is 5.95. The van der Waals surface area contributed by atoms with Crippen LogP contribution in [0.25, 0.3) is 0 Å². The molecule has 0 saturated carbocycles. The molecule has 3 aromatic rings. The molecule has 0 saturated heterocycles. The van der Waals surface area contributed by atoms with E-state index in [9.17, 15) is 9.59 Å². The number of primary amides is 1. The lowest BCUT2D eigenvalue weighted by Crippen LogP contribution is -2.23. The van der Waals surface area contributed by atoms with Gasteiger partial charge in [-0.25, -0.2) is 0 Å². The van der Waals surface area contributed by atoms with E-state index in [4.69, 9.17) is 15.0 Å². The third-order valence-electron chi connectivity index (χ3n) is 4.25. The molecule has 8 nitrogen and oxygen atoms in total. The van der Waals surface area contributed by atoms with Crippen LogP contribution in [0, 0.1) is 0 Å². The third-order valence-corrected chi connectivity index (χ3v) is 4.25. The summed E-state index contributed by atoms with van der Waals surface area (Å²) in [6.07, 6.45) is 0. The molecular weight excluding hydrogens is 384 g/mol. The maximum absolute atomic E-state index is 12.5. The molecule has 1 aromatic heterocycles. The van der Waals surface area contributed by atoms with Gasteiger partial charge in [-0.15, -0.1) is 0 Å². The average molecular weight is 408 g/mol. The molecule has 156 valence electrons. The van der Waals surface area contributed by atoms with Gasteiger partial charge in [0.1, 0.15) is 12.4 Å². The molecule has 8 heteroatoms. The van der Waals surface area contributed by atoms with Crippen LogP contribution in [0.2, 0.25) is 0 Å². The Hall–Kier alpha value is -3.68. The molecule has 0 fully saturated rings. The Bertz CT molecular complexity index is 1050. The molecule has 0 radical (unpaired) electrons. The van der Waals surface area contributed by atoms with Gasteiger partial charge in [-0.05, 0) is 29.8 Å². The van der Waals surface area contributed by atoms with Crippen molar-refractivity contribution in [2.24, 2.45) is 5.73 Å². The topological polar surface area (TPSA) is 120 Å². The number of carbonyl (C=O) groups is 2. The van der Waals surface area contributed by atoms with Gasteiger partial charge in [0.15, 0.2) is 5.82 Å². The van der Waals surface area contributed by atoms with Crippen molar-refractivity contribution in [2.75, 3.05) is 0 Å². The molecular formula is C22H24N4O4. The highest BCUT2D eigenvalue weighted by atomic mass is 16.5. The van der Waals surface area contributed by atoms with Crippen LogP contribution in [-0.2, 0) is 18.6 Å². The largest absolute Gasteiger partial charge is 0.488 e. The summed E-state index contributed by atoms with van der Waals surface area (Å²) >= 11 is 0. The minimum atomic E-state index is -0.560. The van der Waals surface area contributed by atoms with Gasteiger partial charge in [-0.2, -0.15) is 4.98 Å². The van der Waals surface area contributed by atoms with Crippen LogP contribution in [0.5, 0.6) is 5.75 Å². The van der Waals surface area contributed by atoms with E-state index in [2.05, 4.69) is 15.5 Å². The van der Waals surface area contributed by atoms with E-state index in [0.29, 0.717) is 28.6 Å². The van der Waals surface area contributed by atoms with Crippen LogP contribution >= 0.6 is 0 Å². The molecule has 30 heavy (non-hydrogen) atoms. The zero-order valence-electron chi connectivity index (χ0n) is 17.1. The molecule has 3 rings (SSSR count). The Kier molecular flexibility index (Phi) is 6.15. The summed E-state index contributed by atoms with van der Waals surface area (Å²) in [6, 6.07) is 13.8. The standard InChI is InChI=1S/C22H24N4O4/c1-22(2,3)21-25-18(26-30-21)12-24-20(28)15-8-6-7-14(11-15)13-29-17-10-5-4-9-16(17)19(23)27/h4-11H,12-13H2,1-3H3,(H2,23,27)(H,24,28). The monoisotopic (exact) mass is 408 g/mol. The number of nitrogens with zero attached hydrogens (tertiary/aromatic N) is 2. The van der Waals surface area contributed by atoms with E-state index in [-0.39, 0.29) is 24.5 Å². The second-order valence-electron chi connectivity index (χ2n) is 7.80. The van der Waals surface area contributed by atoms with Crippen LogP contribution < -0.4 is 15.8 Å². The first-order valence-electron chi connectivity index (χ1n) is 9.46. The Balaban J connectivity index is 1.61. The molecule has 0 bridgehead atoms. The molecule has 3 N–H and O–H groups in total. The van der Waals surface area contributed by atoms with Gasteiger partial charge in [0.2, 0.25) is 5.89 Å². The maximum Gasteiger partial charge on any atom is 0.252 e. The van der Waals surface area contributed by atoms with Crippen molar-refractivity contribution in [1.29, 1.82) is 0 Å². The Morgan fingerprint density at radius 3 is 2.60 bits per heavy atom. The highest BCUT2D eigenvalue weighted by Crippen LogP contribution is 2.20. The Morgan fingerprint density at radius 2 is 1.90 bits per heavy atom. The van der Waals surface area contributed by atoms with Crippen LogP contribution in [0.1, 0.15) is 58.8 Å². The molecule has 2 aromatic carbocycles. The number of hydrogen-bond donors (Lipinski definition) is 2. The molecule has 1 heterocycles. The number of nitrogens with two attached hydrogens (primary N) is 1. The first-order chi connectivity index (χ1) is 14.2. The lowest BCUT2D eigenvalue weighted by molar-refractivity contribution is 0.0948. The number of benzene rings is 2. The molecule has 0 aliphatic carbocycles. The quantitative estimate of drug-likeness (QED) is 0.620. The number of ether oxygens (including phenoxy) is 1. The van der Waals surface area contributed by atoms with Gasteiger partial charge in [0.05, 0.1) is 12.1 Å². The second-order valence-corrected chi connectivity index (χ2v) is 7.80. The number of rotatable bonds is 7. The van der Waals surface area contributed by atoms with Crippen LogP contribution in [-0.4, -0.2) is 22.0 Å². The third kappa shape index (κ3) is 5.22. The SMILES string of the molecule is CC(C)(C)c1nc(CNC(=O)c2cccc(COc3ccccc3C(N)=O)c2)no1. The lowest BCUT2D eigenvalue weighted by atomic mass is 9.97. The number of aromatic nitrogens is 2. The first kappa shape index (κ1) is 21.0. The minimum absolute atomic E-state index is 0.158. The molecule has 0 atom stereocenters. The van der Waals surface area contributed by atoms with Gasteiger partial charge in [0.25, 0.3) is 11.8 Å². The Labute approximate surface area is 174 Å². The van der Waals surface area contributed by atoms with Crippen molar-refractivity contribution in [3.05, 3.63) is 76.9 Å². The molecule has 0 spiro atoms. The van der Waals surface area contributed by atoms with E-state index in [0.717, 1.165) is 5.56 Å². The number of hydrogen-bond acceptors (Lipinski definition) is 6. The lowest BCUT2D eigenvalue weighted by Gasteiger charge is -2.10. The smallest absolute Gasteiger partial charge is 0.252 e. The van der Waals surface area contributed by atoms with Crippen LogP contribution in [0.3, 0.4) is 0 Å². The fourth-order valence-corrected chi connectivity index (χ4v) is 2.65. The average Bonchev–Trinajstić information content (AvgIpc) is 3.20. The second kappa shape index (κ2) is 8.77. The molecule has 0 aliphatic heterocycles. The summed E-state index contributed by atoms with van der Waals surface area (Å²) in [5.74, 6) is 0.496. The molecule has 0 aliphatic rings. The van der Waals surface area contributed by atoms with Crippen LogP contribution in [0.15, 0.2) is 53.1 Å².